The van der Waals surface area contributed by atoms with Gasteiger partial charge in [-0.05, 0) is 183 Å². The lowest BCUT2D eigenvalue weighted by molar-refractivity contribution is -0.235. The quantitative estimate of drug-likeness (QED) is 0.179. The highest BCUT2D eigenvalue weighted by molar-refractivity contribution is 7.99. The molecule has 58 heavy (non-hydrogen) atoms. The third-order valence-corrected chi connectivity index (χ3v) is 19.3. The first-order valence-corrected chi connectivity index (χ1v) is 23.6. The minimum absolute atomic E-state index is 0.124. The Morgan fingerprint density at radius 2 is 1.05 bits per heavy atom. The Morgan fingerprint density at radius 1 is 0.500 bits per heavy atom. The molecule has 0 saturated heterocycles. The molecule has 0 amide bonds. The summed E-state index contributed by atoms with van der Waals surface area (Å²) in [6, 6.07) is 41.4. The van der Waals surface area contributed by atoms with E-state index in [1.54, 1.807) is 11.1 Å². The van der Waals surface area contributed by atoms with Crippen LogP contribution in [0.15, 0.2) is 113 Å². The van der Waals surface area contributed by atoms with Gasteiger partial charge in [0.15, 0.2) is 0 Å². The fraction of sp³-hybridized carbons (Fsp3) is 0.464. The predicted molar refractivity (Wildman–Crippen MR) is 243 cm³/mol. The Balaban J connectivity index is 1.07. The fourth-order valence-electron chi connectivity index (χ4n) is 15.0. The van der Waals surface area contributed by atoms with Crippen LogP contribution in [0.3, 0.4) is 0 Å². The average molecular weight is 780 g/mol. The van der Waals surface area contributed by atoms with Gasteiger partial charge in [0, 0.05) is 32.3 Å². The molecule has 6 atom stereocenters. The minimum Gasteiger partial charge on any atom is -0.310 e. The van der Waals surface area contributed by atoms with Crippen LogP contribution in [0.4, 0.5) is 17.1 Å². The summed E-state index contributed by atoms with van der Waals surface area (Å²) < 4.78 is 0. The lowest BCUT2D eigenvalue weighted by Crippen LogP contribution is -2.74. The Hall–Kier alpha value is -3.75. The second kappa shape index (κ2) is 11.5. The van der Waals surface area contributed by atoms with Crippen molar-refractivity contribution < 1.29 is 0 Å². The van der Waals surface area contributed by atoms with Crippen molar-refractivity contribution in [1.82, 2.24) is 0 Å². The molecule has 4 saturated carbocycles. The molecule has 2 heteroatoms. The van der Waals surface area contributed by atoms with E-state index in [1.165, 1.54) is 112 Å². The van der Waals surface area contributed by atoms with E-state index >= 15 is 0 Å². The van der Waals surface area contributed by atoms with Crippen LogP contribution >= 0.6 is 11.8 Å². The molecular weight excluding hydrogens is 719 g/mol. The number of nitrogens with zero attached hydrogens (tertiary/aromatic N) is 1. The monoisotopic (exact) mass is 779 g/mol. The molecule has 5 aromatic rings. The second-order valence-corrected chi connectivity index (χ2v) is 23.8. The molecule has 0 aromatic heterocycles. The van der Waals surface area contributed by atoms with E-state index in [9.17, 15) is 0 Å². The lowest BCUT2D eigenvalue weighted by Gasteiger charge is -2.78. The summed E-state index contributed by atoms with van der Waals surface area (Å²) in [5.74, 6) is 3.44. The van der Waals surface area contributed by atoms with Gasteiger partial charge in [-0.1, -0.05) is 134 Å². The van der Waals surface area contributed by atoms with E-state index in [0.717, 1.165) is 23.7 Å². The molecule has 1 aliphatic heterocycles. The van der Waals surface area contributed by atoms with Crippen LogP contribution < -0.4 is 4.90 Å². The summed E-state index contributed by atoms with van der Waals surface area (Å²) in [5.41, 5.74) is 17.3. The number of benzene rings is 5. The summed E-state index contributed by atoms with van der Waals surface area (Å²) in [6.45, 7) is 19.7. The highest BCUT2D eigenvalue weighted by Crippen LogP contribution is 2.89. The van der Waals surface area contributed by atoms with Crippen LogP contribution in [0.2, 0.25) is 0 Å². The average Bonchev–Trinajstić information content (AvgIpc) is 3.74. The third-order valence-electron chi connectivity index (χ3n) is 18.1. The number of hydrogen-bond acceptors (Lipinski definition) is 2. The van der Waals surface area contributed by atoms with Crippen LogP contribution in [0.1, 0.15) is 140 Å². The van der Waals surface area contributed by atoms with Gasteiger partial charge in [0.2, 0.25) is 0 Å². The van der Waals surface area contributed by atoms with Crippen molar-refractivity contribution in [3.63, 3.8) is 0 Å². The smallest absolute Gasteiger partial charge is 0.0473 e. The van der Waals surface area contributed by atoms with Gasteiger partial charge in [-0.15, -0.1) is 0 Å². The van der Waals surface area contributed by atoms with Gasteiger partial charge in [0.05, 0.1) is 0 Å². The Kier molecular flexibility index (Phi) is 7.19. The minimum atomic E-state index is 0.124. The Bertz CT molecular complexity index is 2480. The molecule has 1 nitrogen and oxygen atoms in total. The topological polar surface area (TPSA) is 3.24 Å². The van der Waals surface area contributed by atoms with Gasteiger partial charge >= 0.3 is 0 Å². The molecule has 1 heterocycles. The molecule has 296 valence electrons. The summed E-state index contributed by atoms with van der Waals surface area (Å²) in [4.78, 5) is 5.64. The largest absolute Gasteiger partial charge is 0.310 e. The van der Waals surface area contributed by atoms with E-state index < -0.39 is 0 Å². The molecule has 2 bridgehead atoms. The maximum atomic E-state index is 2.64. The van der Waals surface area contributed by atoms with Crippen LogP contribution in [-0.2, 0) is 27.1 Å². The van der Waals surface area contributed by atoms with Gasteiger partial charge in [0.25, 0.3) is 0 Å². The van der Waals surface area contributed by atoms with E-state index in [1.807, 2.05) is 0 Å². The number of rotatable bonds is 4. The van der Waals surface area contributed by atoms with Gasteiger partial charge in [-0.25, -0.2) is 0 Å². The van der Waals surface area contributed by atoms with Gasteiger partial charge in [-0.3, -0.25) is 0 Å². The van der Waals surface area contributed by atoms with Crippen LogP contribution in [0, 0.1) is 29.1 Å². The summed E-state index contributed by atoms with van der Waals surface area (Å²) >= 11 is 2.07. The maximum Gasteiger partial charge on any atom is 0.0473 e. The van der Waals surface area contributed by atoms with Crippen molar-refractivity contribution in [3.8, 4) is 11.1 Å². The zero-order valence-corrected chi connectivity index (χ0v) is 37.0. The lowest BCUT2D eigenvalue weighted by atomic mass is 9.26. The fourth-order valence-corrected chi connectivity index (χ4v) is 16.4. The Morgan fingerprint density at radius 3 is 1.66 bits per heavy atom. The zero-order valence-electron chi connectivity index (χ0n) is 36.1. The summed E-state index contributed by atoms with van der Waals surface area (Å²) in [6.07, 6.45) is 10.7. The van der Waals surface area contributed by atoms with E-state index in [4.69, 9.17) is 0 Å². The third kappa shape index (κ3) is 4.52. The van der Waals surface area contributed by atoms with Crippen molar-refractivity contribution in [3.05, 3.63) is 137 Å². The van der Waals surface area contributed by atoms with E-state index in [2.05, 4.69) is 175 Å². The maximum absolute atomic E-state index is 2.64. The highest BCUT2D eigenvalue weighted by atomic mass is 32.2. The molecular formula is C56H61NS. The molecule has 5 aromatic carbocycles. The van der Waals surface area contributed by atoms with Crippen molar-refractivity contribution in [2.75, 3.05) is 4.90 Å². The second-order valence-electron chi connectivity index (χ2n) is 22.7. The predicted octanol–water partition coefficient (Wildman–Crippen LogP) is 15.3. The van der Waals surface area contributed by atoms with Crippen molar-refractivity contribution in [2.24, 2.45) is 29.1 Å². The molecule has 6 aliphatic carbocycles. The Labute approximate surface area is 352 Å². The molecule has 0 radical (unpaired) electrons. The van der Waals surface area contributed by atoms with Crippen LogP contribution in [0.5, 0.6) is 0 Å². The van der Waals surface area contributed by atoms with Crippen LogP contribution in [0.25, 0.3) is 11.1 Å². The first-order valence-electron chi connectivity index (χ1n) is 22.8. The van der Waals surface area contributed by atoms with E-state index in [-0.39, 0.29) is 27.1 Å². The van der Waals surface area contributed by atoms with Crippen molar-refractivity contribution in [2.45, 2.75) is 144 Å². The first-order chi connectivity index (χ1) is 27.6. The molecule has 7 aliphatic rings. The molecule has 0 N–H and O–H groups in total. The zero-order chi connectivity index (χ0) is 39.8. The van der Waals surface area contributed by atoms with Gasteiger partial charge in [-0.2, -0.15) is 0 Å². The van der Waals surface area contributed by atoms with Crippen LogP contribution in [-0.4, -0.2) is 0 Å². The highest BCUT2D eigenvalue weighted by Gasteiger charge is 2.84. The van der Waals surface area contributed by atoms with Gasteiger partial charge < -0.3 is 4.90 Å². The summed E-state index contributed by atoms with van der Waals surface area (Å²) in [5, 5.41) is 0. The van der Waals surface area contributed by atoms with Crippen molar-refractivity contribution >= 4 is 28.8 Å². The standard InChI is InChI=1S/C56H61NS/c1-51(2)23-25-53(5,6)45-30-37(17-20-41(45)51)57(38-18-21-42-46(31-38)54(7,8)26-24-52(42,3)4)39-19-22-43-47(32-39)58-50-40(35-13-10-9-11-14-35)15-12-16-44(50)56(43)48-28-34-27-36-29-49(56)55(36,48)33-34/h9-22,30-32,34,36,48-49H,23-29,33H2,1-8H3. The molecule has 4 fully saturated rings. The SMILES string of the molecule is CC1(C)CCC(C)(C)c2cc(N(c3ccc4c(c3)Sc3c(-c5ccccc5)cccc3C43C4CC5CC6CC3C64C5)c3ccc4c(c3)C(C)(C)CCC4(C)C)ccc21. The number of fused-ring (bicyclic) bond motifs is 9. The first kappa shape index (κ1) is 36.1. The molecule has 2 spiro atoms. The number of anilines is 3. The van der Waals surface area contributed by atoms with E-state index in [0.29, 0.717) is 5.41 Å². The number of hydrogen-bond donors (Lipinski definition) is 0. The summed E-state index contributed by atoms with van der Waals surface area (Å²) in [7, 11) is 0. The normalized spacial score (nSPS) is 31.5. The molecule has 6 unspecified atom stereocenters. The van der Waals surface area contributed by atoms with Crippen molar-refractivity contribution in [1.29, 1.82) is 0 Å². The van der Waals surface area contributed by atoms with Gasteiger partial charge in [0.1, 0.15) is 0 Å². The molecule has 12 rings (SSSR count).